The molecule has 2 atom stereocenters. The number of benzene rings is 1. The molecule has 2 unspecified atom stereocenters. The second-order valence-electron chi connectivity index (χ2n) is 5.80. The lowest BCUT2D eigenvalue weighted by atomic mass is 9.64. The molecule has 0 aromatic heterocycles. The summed E-state index contributed by atoms with van der Waals surface area (Å²) in [5.41, 5.74) is 0.192. The molecule has 1 spiro atoms. The third kappa shape index (κ3) is 2.22. The summed E-state index contributed by atoms with van der Waals surface area (Å²) in [5.74, 6) is 2.31. The first-order valence-corrected chi connectivity index (χ1v) is 7.65. The summed E-state index contributed by atoms with van der Waals surface area (Å²) in [4.78, 5) is 0. The lowest BCUT2D eigenvalue weighted by molar-refractivity contribution is -0.0357. The predicted octanol–water partition coefficient (Wildman–Crippen LogP) is 4.02. The van der Waals surface area contributed by atoms with Crippen LogP contribution in [0.15, 0.2) is 18.2 Å². The summed E-state index contributed by atoms with van der Waals surface area (Å²) in [6, 6.07) is 5.67. The molecule has 0 radical (unpaired) electrons. The molecule has 3 rings (SSSR count). The smallest absolute Gasteiger partial charge is 0.127 e. The van der Waals surface area contributed by atoms with Gasteiger partial charge < -0.3 is 14.2 Å². The van der Waals surface area contributed by atoms with E-state index in [1.807, 2.05) is 18.2 Å². The Labute approximate surface area is 125 Å². The Kier molecular flexibility index (Phi) is 3.72. The van der Waals surface area contributed by atoms with E-state index in [4.69, 9.17) is 25.8 Å². The molecule has 110 valence electrons. The highest BCUT2D eigenvalue weighted by atomic mass is 35.5. The molecule has 3 nitrogen and oxygen atoms in total. The second-order valence-corrected chi connectivity index (χ2v) is 6.33. The zero-order valence-electron chi connectivity index (χ0n) is 12.0. The zero-order chi connectivity index (χ0) is 14.2. The van der Waals surface area contributed by atoms with Crippen LogP contribution in [0.1, 0.15) is 32.1 Å². The van der Waals surface area contributed by atoms with E-state index in [2.05, 4.69) is 0 Å². The van der Waals surface area contributed by atoms with Crippen LogP contribution >= 0.6 is 11.6 Å². The summed E-state index contributed by atoms with van der Waals surface area (Å²) in [6.07, 6.45) is 6.07. The van der Waals surface area contributed by atoms with Crippen molar-refractivity contribution in [3.05, 3.63) is 18.2 Å². The van der Waals surface area contributed by atoms with Crippen molar-refractivity contribution in [2.24, 2.45) is 5.41 Å². The summed E-state index contributed by atoms with van der Waals surface area (Å²) >= 11 is 6.46. The summed E-state index contributed by atoms with van der Waals surface area (Å²) in [6.45, 7) is 0. The van der Waals surface area contributed by atoms with E-state index >= 15 is 0 Å². The Morgan fingerprint density at radius 3 is 2.05 bits per heavy atom. The minimum absolute atomic E-state index is 0.192. The maximum atomic E-state index is 6.46. The first kappa shape index (κ1) is 13.9. The number of methoxy groups -OCH3 is 2. The Balaban J connectivity index is 1.78. The molecule has 0 bridgehead atoms. The molecule has 0 heterocycles. The monoisotopic (exact) mass is 296 g/mol. The Morgan fingerprint density at radius 1 is 1.00 bits per heavy atom. The van der Waals surface area contributed by atoms with Crippen LogP contribution in [0.4, 0.5) is 0 Å². The molecule has 0 N–H and O–H groups in total. The van der Waals surface area contributed by atoms with Crippen LogP contribution in [-0.4, -0.2) is 25.7 Å². The van der Waals surface area contributed by atoms with Crippen LogP contribution in [0.5, 0.6) is 17.2 Å². The van der Waals surface area contributed by atoms with Gasteiger partial charge in [0.2, 0.25) is 0 Å². The van der Waals surface area contributed by atoms with Gasteiger partial charge >= 0.3 is 0 Å². The Hall–Kier alpha value is -1.09. The highest BCUT2D eigenvalue weighted by molar-refractivity contribution is 6.21. The van der Waals surface area contributed by atoms with Gasteiger partial charge in [-0.25, -0.2) is 0 Å². The molecule has 0 aliphatic heterocycles. The summed E-state index contributed by atoms with van der Waals surface area (Å²) in [5, 5.41) is 0.266. The average Bonchev–Trinajstić information content (AvgIpc) is 2.99. The predicted molar refractivity (Wildman–Crippen MR) is 79.1 cm³/mol. The number of hydrogen-bond acceptors (Lipinski definition) is 3. The van der Waals surface area contributed by atoms with Gasteiger partial charge in [0.15, 0.2) is 0 Å². The maximum absolute atomic E-state index is 6.46. The standard InChI is InChI=1S/C16H21ClO3/c1-18-11-7-12(19-2)9-13(8-11)20-15-10-14(17)16(15)5-3-4-6-16/h7-9,14-15H,3-6,10H2,1-2H3. The van der Waals surface area contributed by atoms with Crippen LogP contribution < -0.4 is 14.2 Å². The number of halogens is 1. The van der Waals surface area contributed by atoms with Crippen molar-refractivity contribution < 1.29 is 14.2 Å². The third-order valence-electron chi connectivity index (χ3n) is 4.82. The fraction of sp³-hybridized carbons (Fsp3) is 0.625. The first-order chi connectivity index (χ1) is 9.68. The molecule has 2 aliphatic rings. The molecule has 0 saturated heterocycles. The quantitative estimate of drug-likeness (QED) is 0.785. The molecule has 4 heteroatoms. The lowest BCUT2D eigenvalue weighted by Gasteiger charge is -2.50. The molecule has 0 amide bonds. The van der Waals surface area contributed by atoms with Gasteiger partial charge in [-0.05, 0) is 12.8 Å². The van der Waals surface area contributed by atoms with Gasteiger partial charge in [-0.3, -0.25) is 0 Å². The van der Waals surface area contributed by atoms with Gasteiger partial charge in [-0.2, -0.15) is 0 Å². The fourth-order valence-corrected chi connectivity index (χ4v) is 4.07. The maximum Gasteiger partial charge on any atom is 0.127 e. The third-order valence-corrected chi connectivity index (χ3v) is 5.44. The van der Waals surface area contributed by atoms with E-state index in [1.54, 1.807) is 14.2 Å². The molecular weight excluding hydrogens is 276 g/mol. The van der Waals surface area contributed by atoms with E-state index in [0.717, 1.165) is 23.7 Å². The number of hydrogen-bond donors (Lipinski definition) is 0. The highest BCUT2D eigenvalue weighted by Crippen LogP contribution is 2.57. The number of rotatable bonds is 4. The Morgan fingerprint density at radius 2 is 1.55 bits per heavy atom. The molecule has 1 aromatic rings. The van der Waals surface area contributed by atoms with E-state index in [-0.39, 0.29) is 16.9 Å². The molecular formula is C16H21ClO3. The van der Waals surface area contributed by atoms with Gasteiger partial charge in [0.25, 0.3) is 0 Å². The van der Waals surface area contributed by atoms with Gasteiger partial charge in [0.1, 0.15) is 23.4 Å². The van der Waals surface area contributed by atoms with E-state index in [9.17, 15) is 0 Å². The van der Waals surface area contributed by atoms with Gasteiger partial charge in [-0.15, -0.1) is 11.6 Å². The summed E-state index contributed by atoms with van der Waals surface area (Å²) in [7, 11) is 3.30. The van der Waals surface area contributed by atoms with Crippen molar-refractivity contribution in [2.45, 2.75) is 43.6 Å². The van der Waals surface area contributed by atoms with Gasteiger partial charge in [0.05, 0.1) is 14.2 Å². The van der Waals surface area contributed by atoms with Crippen LogP contribution in [0.2, 0.25) is 0 Å². The van der Waals surface area contributed by atoms with Gasteiger partial charge in [-0.1, -0.05) is 12.8 Å². The largest absolute Gasteiger partial charge is 0.496 e. The first-order valence-electron chi connectivity index (χ1n) is 7.22. The minimum atomic E-state index is 0.192. The van der Waals surface area contributed by atoms with Crippen LogP contribution in [0, 0.1) is 5.41 Å². The zero-order valence-corrected chi connectivity index (χ0v) is 12.8. The van der Waals surface area contributed by atoms with Crippen molar-refractivity contribution in [2.75, 3.05) is 14.2 Å². The molecule has 20 heavy (non-hydrogen) atoms. The van der Waals surface area contributed by atoms with Crippen molar-refractivity contribution >= 4 is 11.6 Å². The summed E-state index contributed by atoms with van der Waals surface area (Å²) < 4.78 is 16.8. The normalized spacial score (nSPS) is 27.1. The molecule has 2 aliphatic carbocycles. The molecule has 2 saturated carbocycles. The topological polar surface area (TPSA) is 27.7 Å². The van der Waals surface area contributed by atoms with Crippen LogP contribution in [0.3, 0.4) is 0 Å². The van der Waals surface area contributed by atoms with E-state index in [0.29, 0.717) is 0 Å². The molecule has 2 fully saturated rings. The fourth-order valence-electron chi connectivity index (χ4n) is 3.55. The number of ether oxygens (including phenoxy) is 3. The number of alkyl halides is 1. The Bertz CT molecular complexity index is 460. The van der Waals surface area contributed by atoms with Crippen LogP contribution in [-0.2, 0) is 0 Å². The van der Waals surface area contributed by atoms with Gasteiger partial charge in [0, 0.05) is 35.4 Å². The van der Waals surface area contributed by atoms with Crippen molar-refractivity contribution in [3.8, 4) is 17.2 Å². The highest BCUT2D eigenvalue weighted by Gasteiger charge is 2.56. The van der Waals surface area contributed by atoms with Crippen molar-refractivity contribution in [1.82, 2.24) is 0 Å². The minimum Gasteiger partial charge on any atom is -0.496 e. The van der Waals surface area contributed by atoms with E-state index < -0.39 is 0 Å². The van der Waals surface area contributed by atoms with Crippen LogP contribution in [0.25, 0.3) is 0 Å². The van der Waals surface area contributed by atoms with Crippen molar-refractivity contribution in [1.29, 1.82) is 0 Å². The average molecular weight is 297 g/mol. The SMILES string of the molecule is COc1cc(OC)cc(OC2CC(Cl)C23CCCC3)c1. The van der Waals surface area contributed by atoms with E-state index in [1.165, 1.54) is 25.7 Å². The second kappa shape index (κ2) is 5.36. The van der Waals surface area contributed by atoms with Crippen molar-refractivity contribution in [3.63, 3.8) is 0 Å². The molecule has 1 aromatic carbocycles. The lowest BCUT2D eigenvalue weighted by Crippen LogP contribution is -2.55.